The summed E-state index contributed by atoms with van der Waals surface area (Å²) >= 11 is 4.66. The summed E-state index contributed by atoms with van der Waals surface area (Å²) in [6.07, 6.45) is 0. The topological polar surface area (TPSA) is 46.1 Å². The Morgan fingerprint density at radius 2 is 1.64 bits per heavy atom. The van der Waals surface area contributed by atoms with Crippen LogP contribution < -0.4 is 4.90 Å². The van der Waals surface area contributed by atoms with E-state index in [1.807, 2.05) is 30.3 Å². The predicted octanol–water partition coefficient (Wildman–Crippen LogP) is 5.71. The lowest BCUT2D eigenvalue weighted by atomic mass is 10.0. The van der Waals surface area contributed by atoms with Crippen LogP contribution in [-0.4, -0.2) is 28.9 Å². The summed E-state index contributed by atoms with van der Waals surface area (Å²) in [5.74, 6) is 1.81. The van der Waals surface area contributed by atoms with Gasteiger partial charge in [-0.1, -0.05) is 91.2 Å². The molecule has 0 spiro atoms. The number of hydrogen-bond acceptors (Lipinski definition) is 6. The molecule has 0 N–H and O–H groups in total. The summed E-state index contributed by atoms with van der Waals surface area (Å²) in [6.45, 7) is 4.40. The molecule has 3 rings (SSSR count). The molecule has 4 nitrogen and oxygen atoms in total. The number of benzene rings is 2. The van der Waals surface area contributed by atoms with Crippen molar-refractivity contribution in [3.8, 4) is 0 Å². The third-order valence-corrected chi connectivity index (χ3v) is 7.48. The second-order valence-electron chi connectivity index (χ2n) is 6.60. The molecule has 1 amide bonds. The van der Waals surface area contributed by atoms with Crippen molar-refractivity contribution in [3.05, 3.63) is 65.7 Å². The molecule has 0 aliphatic heterocycles. The van der Waals surface area contributed by atoms with Crippen molar-refractivity contribution in [1.82, 2.24) is 10.2 Å². The first-order chi connectivity index (χ1) is 13.5. The minimum atomic E-state index is 0.0471. The van der Waals surface area contributed by atoms with E-state index in [-0.39, 0.29) is 5.91 Å². The molecule has 0 saturated carbocycles. The average molecular weight is 430 g/mol. The van der Waals surface area contributed by atoms with Crippen LogP contribution in [0.3, 0.4) is 0 Å². The van der Waals surface area contributed by atoms with Crippen LogP contribution in [0.2, 0.25) is 0 Å². The zero-order valence-corrected chi connectivity index (χ0v) is 18.6. The number of aromatic nitrogens is 2. The van der Waals surface area contributed by atoms with E-state index in [2.05, 4.69) is 48.3 Å². The van der Waals surface area contributed by atoms with Crippen LogP contribution in [0.25, 0.3) is 0 Å². The molecule has 0 atom stereocenters. The largest absolute Gasteiger partial charge is 0.315 e. The molecule has 1 heterocycles. The Balaban J connectivity index is 1.48. The minimum absolute atomic E-state index is 0.0471. The molecule has 7 heteroatoms. The number of hydrogen-bond donors (Lipinski definition) is 0. The third kappa shape index (κ3) is 5.83. The summed E-state index contributed by atoms with van der Waals surface area (Å²) in [7, 11) is 1.80. The van der Waals surface area contributed by atoms with Gasteiger partial charge in [-0.25, -0.2) is 0 Å². The van der Waals surface area contributed by atoms with Crippen LogP contribution >= 0.6 is 34.9 Å². The van der Waals surface area contributed by atoms with Gasteiger partial charge in [0.15, 0.2) is 8.68 Å². The van der Waals surface area contributed by atoms with Crippen LogP contribution in [0.4, 0.5) is 5.69 Å². The molecule has 0 bridgehead atoms. The first kappa shape index (κ1) is 20.9. The fourth-order valence-corrected chi connectivity index (χ4v) is 5.36. The lowest BCUT2D eigenvalue weighted by Gasteiger charge is -2.16. The quantitative estimate of drug-likeness (QED) is 0.429. The second kappa shape index (κ2) is 10.1. The SMILES string of the molecule is CC(C)c1ccc(CSc2nnc(SCC(=O)N(C)c3ccccc3)s2)cc1. The van der Waals surface area contributed by atoms with Crippen LogP contribution in [0.1, 0.15) is 30.9 Å². The molecule has 2 aromatic carbocycles. The summed E-state index contributed by atoms with van der Waals surface area (Å²) in [5, 5.41) is 8.45. The minimum Gasteiger partial charge on any atom is -0.315 e. The molecule has 28 heavy (non-hydrogen) atoms. The highest BCUT2D eigenvalue weighted by Gasteiger charge is 2.13. The Morgan fingerprint density at radius 3 is 2.29 bits per heavy atom. The standard InChI is InChI=1S/C21H23N3OS3/c1-15(2)17-11-9-16(10-12-17)13-26-20-22-23-21(28-20)27-14-19(25)24(3)18-7-5-4-6-8-18/h4-12,15H,13-14H2,1-3H3. The van der Waals surface area contributed by atoms with Crippen LogP contribution in [0.15, 0.2) is 63.3 Å². The highest BCUT2D eigenvalue weighted by molar-refractivity contribution is 8.03. The molecular weight excluding hydrogens is 406 g/mol. The zero-order chi connectivity index (χ0) is 19.9. The molecule has 0 fully saturated rings. The van der Waals surface area contributed by atoms with Crippen molar-refractivity contribution in [2.24, 2.45) is 0 Å². The van der Waals surface area contributed by atoms with Gasteiger partial charge in [-0.3, -0.25) is 4.79 Å². The molecule has 0 unspecified atom stereocenters. The van der Waals surface area contributed by atoms with E-state index < -0.39 is 0 Å². The van der Waals surface area contributed by atoms with Crippen LogP contribution in [0.5, 0.6) is 0 Å². The van der Waals surface area contributed by atoms with Gasteiger partial charge >= 0.3 is 0 Å². The maximum Gasteiger partial charge on any atom is 0.237 e. The van der Waals surface area contributed by atoms with Gasteiger partial charge in [0.05, 0.1) is 5.75 Å². The number of anilines is 1. The molecule has 0 aliphatic rings. The summed E-state index contributed by atoms with van der Waals surface area (Å²) in [5.41, 5.74) is 3.53. The van der Waals surface area contributed by atoms with E-state index in [4.69, 9.17) is 0 Å². The number of para-hydroxylation sites is 1. The van der Waals surface area contributed by atoms with Gasteiger partial charge in [-0.2, -0.15) is 0 Å². The van der Waals surface area contributed by atoms with Gasteiger partial charge in [-0.15, -0.1) is 10.2 Å². The lowest BCUT2D eigenvalue weighted by Crippen LogP contribution is -2.27. The Kier molecular flexibility index (Phi) is 7.53. The molecule has 0 saturated heterocycles. The number of carbonyl (C=O) groups is 1. The van der Waals surface area contributed by atoms with Gasteiger partial charge in [-0.05, 0) is 29.2 Å². The number of amides is 1. The zero-order valence-electron chi connectivity index (χ0n) is 16.2. The third-order valence-electron chi connectivity index (χ3n) is 4.23. The first-order valence-corrected chi connectivity index (χ1v) is 11.8. The molecule has 146 valence electrons. The second-order valence-corrected chi connectivity index (χ2v) is 10.0. The fourth-order valence-electron chi connectivity index (χ4n) is 2.47. The molecular formula is C21H23N3OS3. The molecule has 1 aromatic heterocycles. The van der Waals surface area contributed by atoms with E-state index in [1.165, 1.54) is 22.9 Å². The summed E-state index contributed by atoms with van der Waals surface area (Å²) < 4.78 is 1.76. The lowest BCUT2D eigenvalue weighted by molar-refractivity contribution is -0.115. The Morgan fingerprint density at radius 1 is 1.00 bits per heavy atom. The van der Waals surface area contributed by atoms with Crippen molar-refractivity contribution >= 4 is 46.5 Å². The molecule has 0 aliphatic carbocycles. The van der Waals surface area contributed by atoms with Gasteiger partial charge in [0.25, 0.3) is 0 Å². The maximum absolute atomic E-state index is 12.4. The van der Waals surface area contributed by atoms with Crippen molar-refractivity contribution in [3.63, 3.8) is 0 Å². The van der Waals surface area contributed by atoms with Gasteiger partial charge in [0.2, 0.25) is 5.91 Å². The van der Waals surface area contributed by atoms with E-state index in [1.54, 1.807) is 35.0 Å². The predicted molar refractivity (Wildman–Crippen MR) is 121 cm³/mol. The number of carbonyl (C=O) groups excluding carboxylic acids is 1. The number of thioether (sulfide) groups is 2. The number of nitrogens with zero attached hydrogens (tertiary/aromatic N) is 3. The maximum atomic E-state index is 12.4. The highest BCUT2D eigenvalue weighted by atomic mass is 32.2. The number of rotatable bonds is 8. The highest BCUT2D eigenvalue weighted by Crippen LogP contribution is 2.31. The van der Waals surface area contributed by atoms with Crippen molar-refractivity contribution < 1.29 is 4.79 Å². The van der Waals surface area contributed by atoms with Crippen molar-refractivity contribution in [1.29, 1.82) is 0 Å². The monoisotopic (exact) mass is 429 g/mol. The molecule has 0 radical (unpaired) electrons. The smallest absolute Gasteiger partial charge is 0.237 e. The Hall–Kier alpha value is -1.83. The van der Waals surface area contributed by atoms with Gasteiger partial charge < -0.3 is 4.90 Å². The normalized spacial score (nSPS) is 11.0. The first-order valence-electron chi connectivity index (χ1n) is 9.02. The van der Waals surface area contributed by atoms with Gasteiger partial charge in [0, 0.05) is 18.5 Å². The van der Waals surface area contributed by atoms with Crippen molar-refractivity contribution in [2.75, 3.05) is 17.7 Å². The molecule has 3 aromatic rings. The van der Waals surface area contributed by atoms with Crippen molar-refractivity contribution in [2.45, 2.75) is 34.2 Å². The average Bonchev–Trinajstić information content (AvgIpc) is 3.18. The van der Waals surface area contributed by atoms with Crippen LogP contribution in [0, 0.1) is 0 Å². The van der Waals surface area contributed by atoms with Crippen LogP contribution in [-0.2, 0) is 10.5 Å². The van der Waals surface area contributed by atoms with Gasteiger partial charge in [0.1, 0.15) is 0 Å². The Labute approximate surface area is 178 Å². The fraction of sp³-hybridized carbons (Fsp3) is 0.286. The van der Waals surface area contributed by atoms with E-state index in [9.17, 15) is 4.79 Å². The van der Waals surface area contributed by atoms with E-state index in [0.29, 0.717) is 11.7 Å². The summed E-state index contributed by atoms with van der Waals surface area (Å²) in [6, 6.07) is 18.4. The van der Waals surface area contributed by atoms with E-state index >= 15 is 0 Å². The Bertz CT molecular complexity index is 895. The van der Waals surface area contributed by atoms with E-state index in [0.717, 1.165) is 20.1 Å². The summed E-state index contributed by atoms with van der Waals surface area (Å²) in [4.78, 5) is 14.0.